The number of nitrogens with zero attached hydrogens (tertiary/aromatic N) is 5. The van der Waals surface area contributed by atoms with Crippen molar-refractivity contribution in [3.05, 3.63) is 76.3 Å². The molecule has 3 heterocycles. The third kappa shape index (κ3) is 4.23. The normalized spacial score (nSPS) is 13.6. The van der Waals surface area contributed by atoms with Crippen molar-refractivity contribution in [1.82, 2.24) is 19.2 Å². The lowest BCUT2D eigenvalue weighted by Crippen LogP contribution is -2.51. The minimum Gasteiger partial charge on any atom is -0.370 e. The van der Waals surface area contributed by atoms with E-state index in [1.165, 1.54) is 10.6 Å². The maximum atomic E-state index is 12.6. The Labute approximate surface area is 178 Å². The Balaban J connectivity index is 1.32. The highest BCUT2D eigenvalue weighted by molar-refractivity contribution is 5.94. The highest BCUT2D eigenvalue weighted by Crippen LogP contribution is 2.11. The second-order valence-electron chi connectivity index (χ2n) is 7.12. The maximum absolute atomic E-state index is 12.6. The molecule has 1 aromatic carbocycles. The van der Waals surface area contributed by atoms with Crippen LogP contribution < -0.4 is 10.9 Å². The molecule has 4 rings (SSSR count). The summed E-state index contributed by atoms with van der Waals surface area (Å²) >= 11 is 0. The van der Waals surface area contributed by atoms with Gasteiger partial charge in [0.25, 0.3) is 11.5 Å². The molecular weight excluding hydrogens is 396 g/mol. The molecular formula is C22H20N6O3. The van der Waals surface area contributed by atoms with Crippen LogP contribution in [0.3, 0.4) is 0 Å². The number of hydrogen-bond acceptors (Lipinski definition) is 6. The zero-order chi connectivity index (χ0) is 21.8. The summed E-state index contributed by atoms with van der Waals surface area (Å²) in [4.78, 5) is 45.2. The first-order chi connectivity index (χ1) is 15.1. The molecule has 9 nitrogen and oxygen atoms in total. The van der Waals surface area contributed by atoms with E-state index in [0.29, 0.717) is 43.0 Å². The minimum atomic E-state index is -0.267. The van der Waals surface area contributed by atoms with E-state index in [4.69, 9.17) is 5.26 Å². The van der Waals surface area contributed by atoms with Crippen LogP contribution in [-0.4, -0.2) is 63.7 Å². The summed E-state index contributed by atoms with van der Waals surface area (Å²) < 4.78 is 1.42. The molecule has 1 saturated heterocycles. The smallest absolute Gasteiger partial charge is 0.281 e. The van der Waals surface area contributed by atoms with Gasteiger partial charge in [-0.1, -0.05) is 6.07 Å². The lowest BCUT2D eigenvalue weighted by Gasteiger charge is -2.35. The number of hydrogen-bond donors (Lipinski definition) is 1. The first-order valence-electron chi connectivity index (χ1n) is 9.84. The zero-order valence-corrected chi connectivity index (χ0v) is 16.7. The maximum Gasteiger partial charge on any atom is 0.281 e. The predicted octanol–water partition coefficient (Wildman–Crippen LogP) is 0.963. The molecule has 0 spiro atoms. The van der Waals surface area contributed by atoms with Gasteiger partial charge in [-0.2, -0.15) is 5.26 Å². The third-order valence-corrected chi connectivity index (χ3v) is 5.22. The predicted molar refractivity (Wildman–Crippen MR) is 114 cm³/mol. The van der Waals surface area contributed by atoms with Crippen molar-refractivity contribution in [2.45, 2.75) is 0 Å². The molecule has 1 aliphatic rings. The van der Waals surface area contributed by atoms with Gasteiger partial charge in [-0.25, -0.2) is 4.98 Å². The Kier molecular flexibility index (Phi) is 5.62. The average molecular weight is 416 g/mol. The van der Waals surface area contributed by atoms with Gasteiger partial charge in [0, 0.05) is 37.9 Å². The quantitative estimate of drug-likeness (QED) is 0.678. The van der Waals surface area contributed by atoms with Crippen LogP contribution in [0.1, 0.15) is 15.9 Å². The summed E-state index contributed by atoms with van der Waals surface area (Å²) in [7, 11) is 0. The summed E-state index contributed by atoms with van der Waals surface area (Å²) in [5.41, 5.74) is 1.54. The molecule has 2 amide bonds. The van der Waals surface area contributed by atoms with Crippen LogP contribution in [0.25, 0.3) is 5.65 Å². The number of aromatic nitrogens is 2. The first-order valence-corrected chi connectivity index (χ1v) is 9.84. The molecule has 31 heavy (non-hydrogen) atoms. The number of benzene rings is 1. The molecule has 0 unspecified atom stereocenters. The van der Waals surface area contributed by atoms with Crippen LogP contribution in [0.2, 0.25) is 0 Å². The molecule has 9 heteroatoms. The molecule has 0 saturated carbocycles. The van der Waals surface area contributed by atoms with Gasteiger partial charge >= 0.3 is 0 Å². The fourth-order valence-electron chi connectivity index (χ4n) is 3.46. The topological polar surface area (TPSA) is 111 Å². The second kappa shape index (κ2) is 8.67. The van der Waals surface area contributed by atoms with E-state index in [2.05, 4.69) is 10.3 Å². The molecule has 0 atom stereocenters. The van der Waals surface area contributed by atoms with Crippen molar-refractivity contribution < 1.29 is 9.59 Å². The summed E-state index contributed by atoms with van der Waals surface area (Å²) in [6, 6.07) is 13.8. The van der Waals surface area contributed by atoms with E-state index >= 15 is 0 Å². The summed E-state index contributed by atoms with van der Waals surface area (Å²) in [5.74, 6) is -0.270. The monoisotopic (exact) mass is 416 g/mol. The highest BCUT2D eigenvalue weighted by atomic mass is 16.2. The molecule has 0 radical (unpaired) electrons. The number of amides is 2. The number of rotatable bonds is 4. The van der Waals surface area contributed by atoms with Crippen LogP contribution in [0.15, 0.2) is 59.7 Å². The Morgan fingerprint density at radius 2 is 1.74 bits per heavy atom. The standard InChI is InChI=1S/C22H20N6O3/c23-13-16-4-6-17(7-5-16)21(30)27-11-9-26(10-12-27)20(29)15-24-18-14-25-19-3-1-2-8-28(19)22(18)31/h1-8,14,24H,9-12,15H2. The van der Waals surface area contributed by atoms with E-state index in [0.717, 1.165) is 0 Å². The van der Waals surface area contributed by atoms with Gasteiger partial charge in [0.2, 0.25) is 5.91 Å². The molecule has 1 aliphatic heterocycles. The first kappa shape index (κ1) is 20.1. The van der Waals surface area contributed by atoms with Crippen molar-refractivity contribution in [3.8, 4) is 6.07 Å². The third-order valence-electron chi connectivity index (χ3n) is 5.22. The van der Waals surface area contributed by atoms with E-state index in [1.54, 1.807) is 58.5 Å². The van der Waals surface area contributed by atoms with Crippen molar-refractivity contribution in [1.29, 1.82) is 5.26 Å². The number of pyridine rings is 1. The molecule has 156 valence electrons. The van der Waals surface area contributed by atoms with Crippen molar-refractivity contribution in [2.24, 2.45) is 0 Å². The second-order valence-corrected chi connectivity index (χ2v) is 7.12. The Hall–Kier alpha value is -4.19. The number of piperazine rings is 1. The molecule has 3 aromatic rings. The van der Waals surface area contributed by atoms with Gasteiger partial charge < -0.3 is 15.1 Å². The fraction of sp³-hybridized carbons (Fsp3) is 0.227. The molecule has 0 bridgehead atoms. The summed E-state index contributed by atoms with van der Waals surface area (Å²) in [5, 5.41) is 11.7. The van der Waals surface area contributed by atoms with Gasteiger partial charge in [0.15, 0.2) is 0 Å². The van der Waals surface area contributed by atoms with Crippen molar-refractivity contribution in [2.75, 3.05) is 38.0 Å². The number of carbonyl (C=O) groups is 2. The fourth-order valence-corrected chi connectivity index (χ4v) is 3.46. The van der Waals surface area contributed by atoms with Gasteiger partial charge in [0.05, 0.1) is 24.4 Å². The van der Waals surface area contributed by atoms with Crippen molar-refractivity contribution >= 4 is 23.1 Å². The zero-order valence-electron chi connectivity index (χ0n) is 16.7. The molecule has 2 aromatic heterocycles. The van der Waals surface area contributed by atoms with Crippen LogP contribution in [0, 0.1) is 11.3 Å². The SMILES string of the molecule is N#Cc1ccc(C(=O)N2CCN(C(=O)CNc3cnc4ccccn4c3=O)CC2)cc1. The number of nitriles is 1. The van der Waals surface area contributed by atoms with Crippen LogP contribution in [-0.2, 0) is 4.79 Å². The Morgan fingerprint density at radius 1 is 1.03 bits per heavy atom. The minimum absolute atomic E-state index is 0.0284. The number of fused-ring (bicyclic) bond motifs is 1. The van der Waals surface area contributed by atoms with Gasteiger partial charge in [-0.05, 0) is 36.4 Å². The molecule has 1 fully saturated rings. The van der Waals surface area contributed by atoms with Gasteiger partial charge in [-0.15, -0.1) is 0 Å². The number of carbonyl (C=O) groups excluding carboxylic acids is 2. The van der Waals surface area contributed by atoms with Gasteiger partial charge in [0.1, 0.15) is 11.3 Å². The lowest BCUT2D eigenvalue weighted by atomic mass is 10.1. The number of anilines is 1. The number of nitrogens with one attached hydrogen (secondary N) is 1. The van der Waals surface area contributed by atoms with Crippen LogP contribution >= 0.6 is 0 Å². The van der Waals surface area contributed by atoms with Crippen LogP contribution in [0.4, 0.5) is 5.69 Å². The molecule has 1 N–H and O–H groups in total. The van der Waals surface area contributed by atoms with E-state index in [9.17, 15) is 14.4 Å². The summed E-state index contributed by atoms with van der Waals surface area (Å²) in [6.07, 6.45) is 3.06. The largest absolute Gasteiger partial charge is 0.370 e. The van der Waals surface area contributed by atoms with E-state index in [-0.39, 0.29) is 29.6 Å². The average Bonchev–Trinajstić information content (AvgIpc) is 2.83. The Morgan fingerprint density at radius 3 is 2.45 bits per heavy atom. The van der Waals surface area contributed by atoms with Crippen molar-refractivity contribution in [3.63, 3.8) is 0 Å². The lowest BCUT2D eigenvalue weighted by molar-refractivity contribution is -0.130. The highest BCUT2D eigenvalue weighted by Gasteiger charge is 2.24. The molecule has 0 aliphatic carbocycles. The van der Waals surface area contributed by atoms with E-state index < -0.39 is 0 Å². The van der Waals surface area contributed by atoms with Crippen LogP contribution in [0.5, 0.6) is 0 Å². The Bertz CT molecular complexity index is 1220. The van der Waals surface area contributed by atoms with Gasteiger partial charge in [-0.3, -0.25) is 18.8 Å². The summed E-state index contributed by atoms with van der Waals surface area (Å²) in [6.45, 7) is 1.64. The van der Waals surface area contributed by atoms with E-state index in [1.807, 2.05) is 6.07 Å².